The maximum absolute atomic E-state index is 9.09. The van der Waals surface area contributed by atoms with Crippen LogP contribution in [0.2, 0.25) is 0 Å². The highest BCUT2D eigenvalue weighted by Gasteiger charge is 2.08. The number of benzene rings is 1. The van der Waals surface area contributed by atoms with Crippen molar-refractivity contribution in [2.75, 3.05) is 19.1 Å². The highest BCUT2D eigenvalue weighted by atomic mass is 16.5. The Balaban J connectivity index is 2.21. The molecule has 96 valence electrons. The minimum atomic E-state index is 0.625. The quantitative estimate of drug-likeness (QED) is 0.840. The zero-order chi connectivity index (χ0) is 13.7. The molecule has 0 aliphatic carbocycles. The second-order valence-corrected chi connectivity index (χ2v) is 4.21. The summed E-state index contributed by atoms with van der Waals surface area (Å²) < 4.78 is 5.20. The highest BCUT2D eigenvalue weighted by Crippen LogP contribution is 2.20. The smallest absolute Gasteiger partial charge is 0.119 e. The predicted molar refractivity (Wildman–Crippen MR) is 74.1 cm³/mol. The Morgan fingerprint density at radius 2 is 2.21 bits per heavy atom. The molecule has 0 unspecified atom stereocenters. The van der Waals surface area contributed by atoms with Crippen molar-refractivity contribution < 1.29 is 4.74 Å². The number of methoxy groups -OCH3 is 1. The third-order valence-corrected chi connectivity index (χ3v) is 2.89. The summed E-state index contributed by atoms with van der Waals surface area (Å²) in [5.41, 5.74) is 2.57. The third-order valence-electron chi connectivity index (χ3n) is 2.89. The van der Waals surface area contributed by atoms with E-state index in [4.69, 9.17) is 10.00 Å². The Labute approximate surface area is 112 Å². The van der Waals surface area contributed by atoms with Gasteiger partial charge in [0.05, 0.1) is 24.6 Å². The van der Waals surface area contributed by atoms with Crippen LogP contribution in [-0.2, 0) is 6.54 Å². The first-order valence-electron chi connectivity index (χ1n) is 5.93. The summed E-state index contributed by atoms with van der Waals surface area (Å²) in [4.78, 5) is 6.07. The van der Waals surface area contributed by atoms with E-state index in [1.807, 2.05) is 36.2 Å². The van der Waals surface area contributed by atoms with Crippen LogP contribution in [0.1, 0.15) is 11.1 Å². The monoisotopic (exact) mass is 253 g/mol. The topological polar surface area (TPSA) is 49.1 Å². The maximum atomic E-state index is 9.09. The summed E-state index contributed by atoms with van der Waals surface area (Å²) in [6, 6.07) is 11.8. The summed E-state index contributed by atoms with van der Waals surface area (Å²) in [6.07, 6.45) is 3.33. The molecule has 0 N–H and O–H groups in total. The van der Waals surface area contributed by atoms with Crippen molar-refractivity contribution in [3.05, 3.63) is 53.9 Å². The van der Waals surface area contributed by atoms with Crippen LogP contribution in [0.4, 0.5) is 5.69 Å². The van der Waals surface area contributed by atoms with Crippen molar-refractivity contribution in [3.8, 4) is 11.8 Å². The molecule has 1 aromatic heterocycles. The molecule has 0 amide bonds. The summed E-state index contributed by atoms with van der Waals surface area (Å²) in [6.45, 7) is 0.692. The third kappa shape index (κ3) is 3.02. The van der Waals surface area contributed by atoms with E-state index in [1.165, 1.54) is 0 Å². The molecule has 0 bridgehead atoms. The Kier molecular flexibility index (Phi) is 3.99. The normalized spacial score (nSPS) is 9.74. The SMILES string of the molecule is COc1cccc(CN(C)c2cnccc2C#N)c1. The molecule has 0 fully saturated rings. The number of pyridine rings is 1. The van der Waals surface area contributed by atoms with E-state index in [0.29, 0.717) is 12.1 Å². The van der Waals surface area contributed by atoms with E-state index < -0.39 is 0 Å². The lowest BCUT2D eigenvalue weighted by molar-refractivity contribution is 0.414. The fourth-order valence-corrected chi connectivity index (χ4v) is 1.91. The van der Waals surface area contributed by atoms with Gasteiger partial charge in [-0.25, -0.2) is 0 Å². The molecular formula is C15H15N3O. The van der Waals surface area contributed by atoms with Gasteiger partial charge in [0, 0.05) is 19.8 Å². The van der Waals surface area contributed by atoms with E-state index in [9.17, 15) is 0 Å². The lowest BCUT2D eigenvalue weighted by Crippen LogP contribution is -2.17. The Hall–Kier alpha value is -2.54. The van der Waals surface area contributed by atoms with Gasteiger partial charge in [0.2, 0.25) is 0 Å². The van der Waals surface area contributed by atoms with Gasteiger partial charge in [0.1, 0.15) is 11.8 Å². The molecule has 0 saturated heterocycles. The Morgan fingerprint density at radius 1 is 1.37 bits per heavy atom. The van der Waals surface area contributed by atoms with Crippen LogP contribution in [-0.4, -0.2) is 19.1 Å². The van der Waals surface area contributed by atoms with Crippen molar-refractivity contribution in [1.29, 1.82) is 5.26 Å². The number of rotatable bonds is 4. The number of nitriles is 1. The number of anilines is 1. The molecule has 4 nitrogen and oxygen atoms in total. The number of nitrogens with zero attached hydrogens (tertiary/aromatic N) is 3. The zero-order valence-corrected chi connectivity index (χ0v) is 11.0. The highest BCUT2D eigenvalue weighted by molar-refractivity contribution is 5.57. The van der Waals surface area contributed by atoms with Gasteiger partial charge < -0.3 is 9.64 Å². The van der Waals surface area contributed by atoms with E-state index in [-0.39, 0.29) is 0 Å². The van der Waals surface area contributed by atoms with Gasteiger partial charge in [-0.1, -0.05) is 12.1 Å². The number of aromatic nitrogens is 1. The Bertz CT molecular complexity index is 604. The summed E-state index contributed by atoms with van der Waals surface area (Å²) >= 11 is 0. The van der Waals surface area contributed by atoms with Gasteiger partial charge in [-0.3, -0.25) is 4.98 Å². The minimum absolute atomic E-state index is 0.625. The summed E-state index contributed by atoms with van der Waals surface area (Å²) in [5.74, 6) is 0.831. The molecule has 0 aliphatic heterocycles. The van der Waals surface area contributed by atoms with Crippen LogP contribution < -0.4 is 9.64 Å². The van der Waals surface area contributed by atoms with E-state index in [2.05, 4.69) is 11.1 Å². The van der Waals surface area contributed by atoms with Crippen molar-refractivity contribution >= 4 is 5.69 Å². The molecule has 0 spiro atoms. The molecule has 2 rings (SSSR count). The van der Waals surface area contributed by atoms with Gasteiger partial charge in [-0.05, 0) is 23.8 Å². The lowest BCUT2D eigenvalue weighted by atomic mass is 10.1. The first-order valence-corrected chi connectivity index (χ1v) is 5.93. The second-order valence-electron chi connectivity index (χ2n) is 4.21. The molecule has 2 aromatic rings. The molecule has 1 heterocycles. The van der Waals surface area contributed by atoms with Crippen molar-refractivity contribution in [2.24, 2.45) is 0 Å². The average molecular weight is 253 g/mol. The summed E-state index contributed by atoms with van der Waals surface area (Å²) in [5, 5.41) is 9.09. The van der Waals surface area contributed by atoms with Crippen LogP contribution in [0, 0.1) is 11.3 Å². The number of hydrogen-bond acceptors (Lipinski definition) is 4. The van der Waals surface area contributed by atoms with Gasteiger partial charge >= 0.3 is 0 Å². The zero-order valence-electron chi connectivity index (χ0n) is 11.0. The predicted octanol–water partition coefficient (Wildman–Crippen LogP) is 2.60. The minimum Gasteiger partial charge on any atom is -0.497 e. The number of hydrogen-bond donors (Lipinski definition) is 0. The number of ether oxygens (including phenoxy) is 1. The largest absolute Gasteiger partial charge is 0.497 e. The summed E-state index contributed by atoms with van der Waals surface area (Å²) in [7, 11) is 3.59. The molecule has 0 saturated carbocycles. The Morgan fingerprint density at radius 3 is 2.95 bits per heavy atom. The van der Waals surface area contributed by atoms with Crippen molar-refractivity contribution in [2.45, 2.75) is 6.54 Å². The molecule has 0 aliphatic rings. The van der Waals surface area contributed by atoms with E-state index >= 15 is 0 Å². The maximum Gasteiger partial charge on any atom is 0.119 e. The molecule has 4 heteroatoms. The van der Waals surface area contributed by atoms with Crippen LogP contribution in [0.25, 0.3) is 0 Å². The first-order chi connectivity index (χ1) is 9.24. The van der Waals surface area contributed by atoms with E-state index in [1.54, 1.807) is 25.6 Å². The van der Waals surface area contributed by atoms with Crippen molar-refractivity contribution in [3.63, 3.8) is 0 Å². The fraction of sp³-hybridized carbons (Fsp3) is 0.200. The molecule has 1 aromatic carbocycles. The van der Waals surface area contributed by atoms with Crippen LogP contribution >= 0.6 is 0 Å². The van der Waals surface area contributed by atoms with Gasteiger partial charge in [-0.15, -0.1) is 0 Å². The fourth-order valence-electron chi connectivity index (χ4n) is 1.91. The standard InChI is InChI=1S/C15H15N3O/c1-18(15-10-17-7-6-13(15)9-16)11-12-4-3-5-14(8-12)19-2/h3-8,10H,11H2,1-2H3. The second kappa shape index (κ2) is 5.87. The molecular weight excluding hydrogens is 238 g/mol. The molecule has 0 radical (unpaired) electrons. The van der Waals surface area contributed by atoms with Gasteiger partial charge in [0.15, 0.2) is 0 Å². The van der Waals surface area contributed by atoms with Gasteiger partial charge in [-0.2, -0.15) is 5.26 Å². The lowest BCUT2D eigenvalue weighted by Gasteiger charge is -2.20. The molecule has 0 atom stereocenters. The van der Waals surface area contributed by atoms with E-state index in [0.717, 1.165) is 17.0 Å². The average Bonchev–Trinajstić information content (AvgIpc) is 2.47. The van der Waals surface area contributed by atoms with Gasteiger partial charge in [0.25, 0.3) is 0 Å². The van der Waals surface area contributed by atoms with Crippen LogP contribution in [0.15, 0.2) is 42.7 Å². The molecule has 19 heavy (non-hydrogen) atoms. The van der Waals surface area contributed by atoms with Crippen molar-refractivity contribution in [1.82, 2.24) is 4.98 Å². The van der Waals surface area contributed by atoms with Crippen LogP contribution in [0.3, 0.4) is 0 Å². The van der Waals surface area contributed by atoms with Crippen LogP contribution in [0.5, 0.6) is 5.75 Å². The first kappa shape index (κ1) is 12.9.